The summed E-state index contributed by atoms with van der Waals surface area (Å²) in [5.41, 5.74) is 1.72. The van der Waals surface area contributed by atoms with E-state index in [9.17, 15) is 9.59 Å². The normalized spacial score (nSPS) is 14.3. The van der Waals surface area contributed by atoms with Crippen LogP contribution in [0.4, 0.5) is 10.5 Å². The quantitative estimate of drug-likeness (QED) is 0.670. The lowest BCUT2D eigenvalue weighted by atomic mass is 9.93. The van der Waals surface area contributed by atoms with Crippen molar-refractivity contribution in [1.82, 2.24) is 10.2 Å². The van der Waals surface area contributed by atoms with Gasteiger partial charge in [-0.3, -0.25) is 4.79 Å². The first-order chi connectivity index (χ1) is 14.5. The van der Waals surface area contributed by atoms with Crippen LogP contribution in [0.3, 0.4) is 0 Å². The van der Waals surface area contributed by atoms with Crippen molar-refractivity contribution in [3.63, 3.8) is 0 Å². The minimum absolute atomic E-state index is 0.0470. The number of ether oxygens (including phenoxy) is 1. The van der Waals surface area contributed by atoms with E-state index < -0.39 is 0 Å². The van der Waals surface area contributed by atoms with E-state index >= 15 is 0 Å². The lowest BCUT2D eigenvalue weighted by molar-refractivity contribution is -0.122. The number of rotatable bonds is 7. The summed E-state index contributed by atoms with van der Waals surface area (Å²) in [7, 11) is 0. The fourth-order valence-electron chi connectivity index (χ4n) is 3.51. The van der Waals surface area contributed by atoms with Crippen LogP contribution in [0.5, 0.6) is 5.75 Å². The second-order valence-electron chi connectivity index (χ2n) is 7.43. The zero-order valence-electron chi connectivity index (χ0n) is 17.2. The molecule has 0 aromatic heterocycles. The summed E-state index contributed by atoms with van der Waals surface area (Å²) in [5, 5.41) is 6.44. The molecule has 0 atom stereocenters. The van der Waals surface area contributed by atoms with Crippen LogP contribution in [-0.2, 0) is 11.3 Å². The van der Waals surface area contributed by atoms with Crippen LogP contribution in [0, 0.1) is 5.92 Å². The molecular weight excluding hydrogens is 402 g/mol. The van der Waals surface area contributed by atoms with Crippen molar-refractivity contribution < 1.29 is 14.3 Å². The van der Waals surface area contributed by atoms with E-state index in [4.69, 9.17) is 16.3 Å². The maximum Gasteiger partial charge on any atom is 0.321 e. The molecular formula is C23H28ClN3O3. The third kappa shape index (κ3) is 6.66. The van der Waals surface area contributed by atoms with Crippen molar-refractivity contribution >= 4 is 29.2 Å². The van der Waals surface area contributed by atoms with E-state index in [-0.39, 0.29) is 11.9 Å². The molecule has 3 rings (SSSR count). The van der Waals surface area contributed by atoms with Gasteiger partial charge >= 0.3 is 6.03 Å². The molecule has 1 fully saturated rings. The maximum atomic E-state index is 12.4. The molecule has 0 bridgehead atoms. The van der Waals surface area contributed by atoms with Gasteiger partial charge in [-0.25, -0.2) is 4.79 Å². The minimum Gasteiger partial charge on any atom is -0.494 e. The summed E-state index contributed by atoms with van der Waals surface area (Å²) < 4.78 is 5.43. The maximum absolute atomic E-state index is 12.4. The van der Waals surface area contributed by atoms with E-state index in [0.717, 1.165) is 24.2 Å². The topological polar surface area (TPSA) is 70.7 Å². The number of carbonyl (C=O) groups is 2. The number of carbonyl (C=O) groups excluding carboxylic acids is 2. The van der Waals surface area contributed by atoms with Crippen LogP contribution < -0.4 is 15.4 Å². The first-order valence-corrected chi connectivity index (χ1v) is 10.7. The molecule has 2 aromatic rings. The molecule has 1 aliphatic heterocycles. The van der Waals surface area contributed by atoms with Crippen molar-refractivity contribution in [2.75, 3.05) is 25.0 Å². The Morgan fingerprint density at radius 2 is 1.87 bits per heavy atom. The molecule has 30 heavy (non-hydrogen) atoms. The molecule has 6 nitrogen and oxygen atoms in total. The zero-order valence-corrected chi connectivity index (χ0v) is 18.0. The molecule has 2 aromatic carbocycles. The van der Waals surface area contributed by atoms with Gasteiger partial charge < -0.3 is 20.3 Å². The van der Waals surface area contributed by atoms with Gasteiger partial charge in [-0.1, -0.05) is 29.8 Å². The van der Waals surface area contributed by atoms with Crippen LogP contribution in [0.1, 0.15) is 31.7 Å². The van der Waals surface area contributed by atoms with Gasteiger partial charge in [0, 0.05) is 36.8 Å². The lowest BCUT2D eigenvalue weighted by Crippen LogP contribution is -2.41. The Labute approximate surface area is 182 Å². The average Bonchev–Trinajstić information content (AvgIpc) is 2.74. The van der Waals surface area contributed by atoms with Crippen molar-refractivity contribution in [2.24, 2.45) is 5.92 Å². The fraction of sp³-hybridized carbons (Fsp3) is 0.391. The van der Waals surface area contributed by atoms with Crippen LogP contribution in [0.25, 0.3) is 0 Å². The number of anilines is 1. The molecule has 0 saturated carbocycles. The minimum atomic E-state index is -0.129. The Balaban J connectivity index is 1.37. The molecule has 0 spiro atoms. The van der Waals surface area contributed by atoms with E-state index in [1.54, 1.807) is 23.1 Å². The zero-order chi connectivity index (χ0) is 21.3. The first-order valence-electron chi connectivity index (χ1n) is 10.3. The summed E-state index contributed by atoms with van der Waals surface area (Å²) in [5.74, 6) is 1.17. The third-order valence-corrected chi connectivity index (χ3v) is 5.41. The molecule has 1 heterocycles. The molecule has 0 unspecified atom stereocenters. The van der Waals surface area contributed by atoms with E-state index in [2.05, 4.69) is 10.6 Å². The Morgan fingerprint density at radius 1 is 1.13 bits per heavy atom. The van der Waals surface area contributed by atoms with E-state index in [0.29, 0.717) is 49.3 Å². The number of nitrogens with one attached hydrogen (secondary N) is 2. The van der Waals surface area contributed by atoms with Gasteiger partial charge in [0.15, 0.2) is 0 Å². The molecule has 1 saturated heterocycles. The average molecular weight is 430 g/mol. The summed E-state index contributed by atoms with van der Waals surface area (Å²) >= 11 is 5.96. The monoisotopic (exact) mass is 429 g/mol. The number of halogens is 1. The predicted molar refractivity (Wildman–Crippen MR) is 119 cm³/mol. The number of hydrogen-bond donors (Lipinski definition) is 2. The lowest BCUT2D eigenvalue weighted by Gasteiger charge is -2.31. The first kappa shape index (κ1) is 22.0. The van der Waals surface area contributed by atoms with E-state index in [1.165, 1.54) is 0 Å². The van der Waals surface area contributed by atoms with Crippen molar-refractivity contribution in [2.45, 2.75) is 32.7 Å². The highest BCUT2D eigenvalue weighted by Crippen LogP contribution is 2.22. The highest BCUT2D eigenvalue weighted by Gasteiger charge is 2.24. The fourth-order valence-corrected chi connectivity index (χ4v) is 3.70. The number of likely N-dealkylation sites (tertiary alicyclic amines) is 1. The molecule has 2 N–H and O–H groups in total. The number of piperidine rings is 1. The Bertz CT molecular complexity index is 849. The standard InChI is InChI=1S/C23H28ClN3O3/c1-2-30-21-8-6-18(7-9-21)16-25-22(28)14-17-10-12-27(13-11-17)23(29)26-20-5-3-4-19(24)15-20/h3-9,15,17H,2,10-14,16H2,1H3,(H,25,28)(H,26,29). The van der Waals surface area contributed by atoms with Crippen molar-refractivity contribution in [3.05, 3.63) is 59.1 Å². The summed E-state index contributed by atoms with van der Waals surface area (Å²) in [6.07, 6.45) is 2.12. The highest BCUT2D eigenvalue weighted by atomic mass is 35.5. The highest BCUT2D eigenvalue weighted by molar-refractivity contribution is 6.30. The smallest absolute Gasteiger partial charge is 0.321 e. The van der Waals surface area contributed by atoms with Crippen LogP contribution in [0.2, 0.25) is 5.02 Å². The number of benzene rings is 2. The van der Waals surface area contributed by atoms with Crippen LogP contribution in [0.15, 0.2) is 48.5 Å². The second-order valence-corrected chi connectivity index (χ2v) is 7.87. The summed E-state index contributed by atoms with van der Waals surface area (Å²) in [6.45, 7) is 4.38. The summed E-state index contributed by atoms with van der Waals surface area (Å²) in [6, 6.07) is 14.7. The summed E-state index contributed by atoms with van der Waals surface area (Å²) in [4.78, 5) is 26.5. The largest absolute Gasteiger partial charge is 0.494 e. The Hall–Kier alpha value is -2.73. The molecule has 0 radical (unpaired) electrons. The third-order valence-electron chi connectivity index (χ3n) is 5.18. The van der Waals surface area contributed by atoms with Gasteiger partial charge in [0.2, 0.25) is 5.91 Å². The van der Waals surface area contributed by atoms with Gasteiger partial charge in [0.25, 0.3) is 0 Å². The second kappa shape index (κ2) is 10.9. The van der Waals surface area contributed by atoms with Gasteiger partial charge in [0.05, 0.1) is 6.61 Å². The molecule has 160 valence electrons. The van der Waals surface area contributed by atoms with Crippen molar-refractivity contribution in [3.8, 4) is 5.75 Å². The molecule has 3 amide bonds. The van der Waals surface area contributed by atoms with Crippen LogP contribution >= 0.6 is 11.6 Å². The molecule has 1 aliphatic rings. The molecule has 7 heteroatoms. The van der Waals surface area contributed by atoms with Crippen molar-refractivity contribution in [1.29, 1.82) is 0 Å². The Kier molecular flexibility index (Phi) is 7.97. The number of hydrogen-bond acceptors (Lipinski definition) is 3. The van der Waals surface area contributed by atoms with E-state index in [1.807, 2.05) is 37.3 Å². The Morgan fingerprint density at radius 3 is 2.53 bits per heavy atom. The van der Waals surface area contributed by atoms with Gasteiger partial charge in [0.1, 0.15) is 5.75 Å². The predicted octanol–water partition coefficient (Wildman–Crippen LogP) is 4.69. The van der Waals surface area contributed by atoms with Gasteiger partial charge in [-0.2, -0.15) is 0 Å². The molecule has 0 aliphatic carbocycles. The number of urea groups is 1. The number of amides is 3. The number of nitrogens with zero attached hydrogens (tertiary/aromatic N) is 1. The van der Waals surface area contributed by atoms with Gasteiger partial charge in [-0.15, -0.1) is 0 Å². The van der Waals surface area contributed by atoms with Gasteiger partial charge in [-0.05, 0) is 61.6 Å². The SMILES string of the molecule is CCOc1ccc(CNC(=O)CC2CCN(C(=O)Nc3cccc(Cl)c3)CC2)cc1. The van der Waals surface area contributed by atoms with Crippen LogP contribution in [-0.4, -0.2) is 36.5 Å².